The van der Waals surface area contributed by atoms with Crippen molar-refractivity contribution in [2.24, 2.45) is 5.73 Å². The highest BCUT2D eigenvalue weighted by Gasteiger charge is 2.01. The Morgan fingerprint density at radius 1 is 1.30 bits per heavy atom. The normalized spacial score (nSPS) is 13.0. The second kappa shape index (κ2) is 3.32. The number of alkyl halides is 1. The van der Waals surface area contributed by atoms with Gasteiger partial charge in [0, 0.05) is 0 Å². The van der Waals surface area contributed by atoms with Gasteiger partial charge < -0.3 is 5.73 Å². The molecule has 1 nitrogen and oxygen atoms in total. The van der Waals surface area contributed by atoms with Crippen LogP contribution in [0.5, 0.6) is 0 Å². The highest BCUT2D eigenvalue weighted by molar-refractivity contribution is 5.18. The van der Waals surface area contributed by atoms with Gasteiger partial charge >= 0.3 is 0 Å². The lowest BCUT2D eigenvalue weighted by Gasteiger charge is -2.04. The quantitative estimate of drug-likeness (QED) is 0.662. The first-order valence-corrected chi connectivity index (χ1v) is 3.21. The second-order valence-corrected chi connectivity index (χ2v) is 2.17. The molecule has 2 N–H and O–H groups in total. The van der Waals surface area contributed by atoms with Gasteiger partial charge in [0.15, 0.2) is 0 Å². The predicted molar refractivity (Wildman–Crippen MR) is 39.3 cm³/mol. The number of hydrogen-bond acceptors (Lipinski definition) is 1. The van der Waals surface area contributed by atoms with Gasteiger partial charge in [-0.05, 0) is 5.56 Å². The minimum absolute atomic E-state index is 0.457. The number of benzene rings is 1. The molecular formula is C8H10FN. The first-order valence-electron chi connectivity index (χ1n) is 3.21. The number of nitrogens with two attached hydrogens (primary N) is 1. The minimum Gasteiger partial charge on any atom is -0.322 e. The van der Waals surface area contributed by atoms with Gasteiger partial charge in [-0.1, -0.05) is 30.3 Å². The number of halogens is 1. The van der Waals surface area contributed by atoms with E-state index in [0.717, 1.165) is 5.56 Å². The van der Waals surface area contributed by atoms with E-state index in [0.29, 0.717) is 0 Å². The van der Waals surface area contributed by atoms with Crippen LogP contribution < -0.4 is 5.73 Å². The zero-order valence-corrected chi connectivity index (χ0v) is 5.63. The monoisotopic (exact) mass is 139 g/mol. The summed E-state index contributed by atoms with van der Waals surface area (Å²) in [7, 11) is 0. The Hall–Kier alpha value is -0.890. The van der Waals surface area contributed by atoms with Crippen molar-refractivity contribution in [1.29, 1.82) is 0 Å². The fourth-order valence-electron chi connectivity index (χ4n) is 0.789. The third-order valence-corrected chi connectivity index (χ3v) is 1.39. The molecule has 0 aliphatic heterocycles. The molecule has 10 heavy (non-hydrogen) atoms. The molecule has 1 atom stereocenters. The van der Waals surface area contributed by atoms with Crippen LogP contribution in [0.15, 0.2) is 30.3 Å². The summed E-state index contributed by atoms with van der Waals surface area (Å²) in [5, 5.41) is 0. The number of hydrogen-bond donors (Lipinski definition) is 1. The lowest BCUT2D eigenvalue weighted by atomic mass is 10.1. The maximum Gasteiger partial charge on any atom is 0.109 e. The topological polar surface area (TPSA) is 26.0 Å². The fourth-order valence-corrected chi connectivity index (χ4v) is 0.789. The largest absolute Gasteiger partial charge is 0.322 e. The van der Waals surface area contributed by atoms with Crippen molar-refractivity contribution in [2.45, 2.75) is 6.04 Å². The van der Waals surface area contributed by atoms with Crippen molar-refractivity contribution in [3.8, 4) is 0 Å². The van der Waals surface area contributed by atoms with Crippen LogP contribution in [0.1, 0.15) is 11.6 Å². The lowest BCUT2D eigenvalue weighted by molar-refractivity contribution is 0.437. The van der Waals surface area contributed by atoms with Gasteiger partial charge in [-0.25, -0.2) is 4.39 Å². The lowest BCUT2D eigenvalue weighted by Crippen LogP contribution is -2.11. The molecule has 0 fully saturated rings. The average molecular weight is 139 g/mol. The Morgan fingerprint density at radius 2 is 1.90 bits per heavy atom. The van der Waals surface area contributed by atoms with Crippen LogP contribution >= 0.6 is 0 Å². The van der Waals surface area contributed by atoms with E-state index in [1.807, 2.05) is 30.3 Å². The van der Waals surface area contributed by atoms with E-state index < -0.39 is 12.7 Å². The standard InChI is InChI=1S/C8H10FN/c9-6-8(10)7-4-2-1-3-5-7/h1-5,8H,6,10H2. The van der Waals surface area contributed by atoms with Crippen LogP contribution in [-0.4, -0.2) is 6.67 Å². The summed E-state index contributed by atoms with van der Waals surface area (Å²) in [4.78, 5) is 0. The maximum absolute atomic E-state index is 11.9. The molecule has 0 amide bonds. The van der Waals surface area contributed by atoms with Crippen molar-refractivity contribution in [1.82, 2.24) is 0 Å². The highest BCUT2D eigenvalue weighted by Crippen LogP contribution is 2.08. The molecule has 0 aliphatic carbocycles. The van der Waals surface area contributed by atoms with Gasteiger partial charge in [0.2, 0.25) is 0 Å². The first-order chi connectivity index (χ1) is 4.84. The van der Waals surface area contributed by atoms with Crippen molar-refractivity contribution in [2.75, 3.05) is 6.67 Å². The zero-order valence-electron chi connectivity index (χ0n) is 5.63. The number of rotatable bonds is 2. The van der Waals surface area contributed by atoms with E-state index in [1.165, 1.54) is 0 Å². The third kappa shape index (κ3) is 1.54. The molecular weight excluding hydrogens is 129 g/mol. The van der Waals surface area contributed by atoms with Crippen molar-refractivity contribution < 1.29 is 4.39 Å². The molecule has 0 bridgehead atoms. The Kier molecular flexibility index (Phi) is 2.40. The predicted octanol–water partition coefficient (Wildman–Crippen LogP) is 1.66. The molecule has 0 saturated heterocycles. The van der Waals surface area contributed by atoms with E-state index in [4.69, 9.17) is 5.73 Å². The fraction of sp³-hybridized carbons (Fsp3) is 0.250. The summed E-state index contributed by atoms with van der Waals surface area (Å²) in [6.07, 6.45) is 0. The molecule has 54 valence electrons. The Balaban J connectivity index is 2.75. The van der Waals surface area contributed by atoms with E-state index in [2.05, 4.69) is 0 Å². The smallest absolute Gasteiger partial charge is 0.109 e. The van der Waals surface area contributed by atoms with Crippen LogP contribution in [-0.2, 0) is 0 Å². The summed E-state index contributed by atoms with van der Waals surface area (Å²) in [5.41, 5.74) is 6.27. The average Bonchev–Trinajstić information content (AvgIpc) is 2.05. The van der Waals surface area contributed by atoms with Gasteiger partial charge in [0.25, 0.3) is 0 Å². The molecule has 1 aromatic carbocycles. The van der Waals surface area contributed by atoms with Crippen LogP contribution in [0.25, 0.3) is 0 Å². The summed E-state index contributed by atoms with van der Waals surface area (Å²) in [6, 6.07) is 8.78. The van der Waals surface area contributed by atoms with Crippen molar-refractivity contribution >= 4 is 0 Å². The van der Waals surface area contributed by atoms with E-state index in [1.54, 1.807) is 0 Å². The first kappa shape index (κ1) is 7.22. The Bertz CT molecular complexity index is 186. The molecule has 0 heterocycles. The van der Waals surface area contributed by atoms with E-state index in [-0.39, 0.29) is 0 Å². The molecule has 1 unspecified atom stereocenters. The van der Waals surface area contributed by atoms with Crippen LogP contribution in [0.4, 0.5) is 4.39 Å². The molecule has 2 heteroatoms. The SMILES string of the molecule is NC(CF)c1ccccc1. The molecule has 1 aromatic rings. The van der Waals surface area contributed by atoms with Crippen molar-refractivity contribution in [3.63, 3.8) is 0 Å². The van der Waals surface area contributed by atoms with Gasteiger partial charge in [-0.3, -0.25) is 0 Å². The van der Waals surface area contributed by atoms with Crippen molar-refractivity contribution in [3.05, 3.63) is 35.9 Å². The summed E-state index contributed by atoms with van der Waals surface area (Å²) in [6.45, 7) is -0.496. The maximum atomic E-state index is 11.9. The Labute approximate surface area is 59.7 Å². The highest BCUT2D eigenvalue weighted by atomic mass is 19.1. The Morgan fingerprint density at radius 3 is 2.40 bits per heavy atom. The minimum atomic E-state index is -0.496. The summed E-state index contributed by atoms with van der Waals surface area (Å²) < 4.78 is 11.9. The third-order valence-electron chi connectivity index (χ3n) is 1.39. The van der Waals surface area contributed by atoms with Gasteiger partial charge in [-0.15, -0.1) is 0 Å². The van der Waals surface area contributed by atoms with E-state index >= 15 is 0 Å². The summed E-state index contributed by atoms with van der Waals surface area (Å²) in [5.74, 6) is 0. The summed E-state index contributed by atoms with van der Waals surface area (Å²) >= 11 is 0. The molecule has 0 aliphatic rings. The molecule has 0 spiro atoms. The van der Waals surface area contributed by atoms with Crippen LogP contribution in [0.3, 0.4) is 0 Å². The van der Waals surface area contributed by atoms with Gasteiger partial charge in [-0.2, -0.15) is 0 Å². The van der Waals surface area contributed by atoms with Gasteiger partial charge in [0.1, 0.15) is 6.67 Å². The van der Waals surface area contributed by atoms with Crippen LogP contribution in [0.2, 0.25) is 0 Å². The molecule has 0 aromatic heterocycles. The van der Waals surface area contributed by atoms with Gasteiger partial charge in [0.05, 0.1) is 6.04 Å². The van der Waals surface area contributed by atoms with E-state index in [9.17, 15) is 4.39 Å². The zero-order chi connectivity index (χ0) is 7.40. The molecule has 0 saturated carbocycles. The molecule has 0 radical (unpaired) electrons. The second-order valence-electron chi connectivity index (χ2n) is 2.17. The molecule has 1 rings (SSSR count). The van der Waals surface area contributed by atoms with Crippen LogP contribution in [0, 0.1) is 0 Å².